The van der Waals surface area contributed by atoms with E-state index in [4.69, 9.17) is 5.14 Å². The molecular formula is C19H32IN5O3S. The van der Waals surface area contributed by atoms with E-state index in [1.807, 2.05) is 6.92 Å². The molecule has 0 unspecified atom stereocenters. The van der Waals surface area contributed by atoms with Crippen molar-refractivity contribution < 1.29 is 13.2 Å². The molecule has 164 valence electrons. The van der Waals surface area contributed by atoms with E-state index in [1.165, 1.54) is 12.1 Å². The van der Waals surface area contributed by atoms with E-state index in [-0.39, 0.29) is 40.2 Å². The van der Waals surface area contributed by atoms with Crippen molar-refractivity contribution in [3.63, 3.8) is 0 Å². The molecule has 10 heteroatoms. The molecule has 1 aromatic rings. The van der Waals surface area contributed by atoms with Gasteiger partial charge in [0.2, 0.25) is 15.9 Å². The highest BCUT2D eigenvalue weighted by Crippen LogP contribution is 2.38. The summed E-state index contributed by atoms with van der Waals surface area (Å²) in [5.41, 5.74) is 0.487. The number of amides is 1. The molecule has 0 spiro atoms. The number of hydrogen-bond acceptors (Lipinski definition) is 4. The van der Waals surface area contributed by atoms with Gasteiger partial charge in [-0.1, -0.05) is 25.0 Å². The number of nitrogens with two attached hydrogens (primary N) is 1. The van der Waals surface area contributed by atoms with E-state index in [0.29, 0.717) is 25.6 Å². The molecular weight excluding hydrogens is 505 g/mol. The molecule has 0 atom stereocenters. The van der Waals surface area contributed by atoms with E-state index in [0.717, 1.165) is 31.2 Å². The predicted molar refractivity (Wildman–Crippen MR) is 126 cm³/mol. The zero-order chi connectivity index (χ0) is 20.8. The average molecular weight is 537 g/mol. The second kappa shape index (κ2) is 11.1. The summed E-state index contributed by atoms with van der Waals surface area (Å²) in [5.74, 6) is 0.794. The number of carbonyl (C=O) groups is 1. The maximum Gasteiger partial charge on any atom is 0.238 e. The maximum atomic E-state index is 12.7. The van der Waals surface area contributed by atoms with Crippen LogP contribution in [0.25, 0.3) is 0 Å². The van der Waals surface area contributed by atoms with Gasteiger partial charge in [-0.2, -0.15) is 0 Å². The van der Waals surface area contributed by atoms with E-state index in [1.54, 1.807) is 31.1 Å². The fraction of sp³-hybridized carbons (Fsp3) is 0.579. The first-order valence-corrected chi connectivity index (χ1v) is 11.1. The fourth-order valence-electron chi connectivity index (χ4n) is 3.54. The molecule has 1 aliphatic carbocycles. The lowest BCUT2D eigenvalue weighted by atomic mass is 9.84. The summed E-state index contributed by atoms with van der Waals surface area (Å²) in [6, 6.07) is 6.34. The number of rotatable bonds is 7. The van der Waals surface area contributed by atoms with E-state index in [2.05, 4.69) is 15.6 Å². The van der Waals surface area contributed by atoms with Gasteiger partial charge in [-0.05, 0) is 37.5 Å². The van der Waals surface area contributed by atoms with Crippen molar-refractivity contribution in [1.29, 1.82) is 0 Å². The zero-order valence-electron chi connectivity index (χ0n) is 17.3. The van der Waals surface area contributed by atoms with Crippen LogP contribution in [0, 0.1) is 5.41 Å². The van der Waals surface area contributed by atoms with Crippen LogP contribution in [0.1, 0.15) is 38.2 Å². The summed E-state index contributed by atoms with van der Waals surface area (Å²) in [4.78, 5) is 19.0. The number of benzene rings is 1. The Kier molecular flexibility index (Phi) is 9.83. The van der Waals surface area contributed by atoms with Gasteiger partial charge >= 0.3 is 0 Å². The van der Waals surface area contributed by atoms with Crippen LogP contribution >= 0.6 is 24.0 Å². The number of sulfonamides is 1. The van der Waals surface area contributed by atoms with Crippen molar-refractivity contribution >= 4 is 45.9 Å². The molecule has 0 saturated heterocycles. The first-order chi connectivity index (χ1) is 13.2. The third-order valence-corrected chi connectivity index (χ3v) is 5.96. The molecule has 0 aliphatic heterocycles. The number of carbonyl (C=O) groups excluding carboxylic acids is 1. The van der Waals surface area contributed by atoms with Crippen LogP contribution in [-0.4, -0.2) is 52.4 Å². The van der Waals surface area contributed by atoms with Gasteiger partial charge in [0, 0.05) is 27.2 Å². The molecule has 1 aromatic carbocycles. The number of nitrogens with one attached hydrogen (secondary N) is 2. The highest BCUT2D eigenvalue weighted by atomic mass is 127. The molecule has 1 aliphatic rings. The maximum absolute atomic E-state index is 12.7. The Bertz CT molecular complexity index is 804. The van der Waals surface area contributed by atoms with Crippen LogP contribution in [-0.2, 0) is 21.4 Å². The van der Waals surface area contributed by atoms with Crippen LogP contribution in [0.4, 0.5) is 0 Å². The number of nitrogens with zero attached hydrogens (tertiary/aromatic N) is 2. The van der Waals surface area contributed by atoms with Crippen molar-refractivity contribution in [1.82, 2.24) is 15.5 Å². The molecule has 29 heavy (non-hydrogen) atoms. The Morgan fingerprint density at radius 3 is 2.24 bits per heavy atom. The summed E-state index contributed by atoms with van der Waals surface area (Å²) < 4.78 is 22.7. The zero-order valence-corrected chi connectivity index (χ0v) is 20.4. The number of primary sulfonamides is 1. The van der Waals surface area contributed by atoms with Crippen LogP contribution in [0.5, 0.6) is 0 Å². The van der Waals surface area contributed by atoms with E-state index < -0.39 is 10.0 Å². The van der Waals surface area contributed by atoms with Gasteiger partial charge in [0.05, 0.1) is 16.9 Å². The molecule has 4 N–H and O–H groups in total. The quantitative estimate of drug-likeness (QED) is 0.278. The molecule has 1 fully saturated rings. The average Bonchev–Trinajstić information content (AvgIpc) is 3.13. The largest absolute Gasteiger partial charge is 0.357 e. The molecule has 1 amide bonds. The van der Waals surface area contributed by atoms with Gasteiger partial charge in [-0.15, -0.1) is 24.0 Å². The van der Waals surface area contributed by atoms with E-state index in [9.17, 15) is 13.2 Å². The Morgan fingerprint density at radius 2 is 1.76 bits per heavy atom. The Labute approximate surface area is 190 Å². The summed E-state index contributed by atoms with van der Waals surface area (Å²) in [5, 5.41) is 11.6. The van der Waals surface area contributed by atoms with Gasteiger partial charge in [0.1, 0.15) is 0 Å². The smallest absolute Gasteiger partial charge is 0.238 e. The topological polar surface area (TPSA) is 117 Å². The first kappa shape index (κ1) is 25.6. The molecule has 0 aromatic heterocycles. The van der Waals surface area contributed by atoms with Crippen LogP contribution in [0.15, 0.2) is 34.2 Å². The second-order valence-corrected chi connectivity index (χ2v) is 8.99. The summed E-state index contributed by atoms with van der Waals surface area (Å²) in [6.07, 6.45) is 3.88. The Hall–Kier alpha value is -1.40. The normalized spacial score (nSPS) is 16.1. The monoisotopic (exact) mass is 537 g/mol. The second-order valence-electron chi connectivity index (χ2n) is 7.42. The standard InChI is InChI=1S/C19H31N5O3S.HI/c1-4-21-18(22-13-15-7-9-16(10-8-15)28(20,26)27)23-14-19(11-5-6-12-19)17(25)24(2)3;/h7-10H,4-6,11-14H2,1-3H3,(H2,20,26,27)(H2,21,22,23);1H. The minimum atomic E-state index is -3.70. The van der Waals surface area contributed by atoms with Crippen molar-refractivity contribution in [3.8, 4) is 0 Å². The minimum absolute atomic E-state index is 0. The molecule has 0 heterocycles. The molecule has 2 rings (SSSR count). The lowest BCUT2D eigenvalue weighted by molar-refractivity contribution is -0.138. The van der Waals surface area contributed by atoms with Crippen LogP contribution in [0.2, 0.25) is 0 Å². The summed E-state index contributed by atoms with van der Waals surface area (Å²) in [7, 11) is -0.0991. The minimum Gasteiger partial charge on any atom is -0.357 e. The molecule has 0 bridgehead atoms. The van der Waals surface area contributed by atoms with Gasteiger partial charge < -0.3 is 15.5 Å². The first-order valence-electron chi connectivity index (χ1n) is 9.53. The van der Waals surface area contributed by atoms with E-state index >= 15 is 0 Å². The molecule has 1 saturated carbocycles. The molecule has 0 radical (unpaired) electrons. The highest BCUT2D eigenvalue weighted by Gasteiger charge is 2.42. The van der Waals surface area contributed by atoms with Crippen molar-refractivity contribution in [2.45, 2.75) is 44.0 Å². The Morgan fingerprint density at radius 1 is 1.17 bits per heavy atom. The van der Waals surface area contributed by atoms with Crippen molar-refractivity contribution in [3.05, 3.63) is 29.8 Å². The lowest BCUT2D eigenvalue weighted by Crippen LogP contribution is -2.49. The van der Waals surface area contributed by atoms with Crippen LogP contribution < -0.4 is 15.8 Å². The lowest BCUT2D eigenvalue weighted by Gasteiger charge is -2.31. The Balaban J connectivity index is 0.00000420. The summed E-state index contributed by atoms with van der Waals surface area (Å²) in [6.45, 7) is 3.61. The van der Waals surface area contributed by atoms with Gasteiger partial charge in [0.25, 0.3) is 0 Å². The number of hydrogen-bond donors (Lipinski definition) is 3. The molecule has 8 nitrogen and oxygen atoms in total. The number of halogens is 1. The number of guanidine groups is 1. The third-order valence-electron chi connectivity index (χ3n) is 5.03. The third kappa shape index (κ3) is 7.10. The fourth-order valence-corrected chi connectivity index (χ4v) is 4.06. The van der Waals surface area contributed by atoms with Crippen molar-refractivity contribution in [2.24, 2.45) is 15.5 Å². The highest BCUT2D eigenvalue weighted by molar-refractivity contribution is 14.0. The van der Waals surface area contributed by atoms with Gasteiger partial charge in [-0.3, -0.25) is 4.79 Å². The number of aliphatic imine (C=N–C) groups is 1. The van der Waals surface area contributed by atoms with Crippen LogP contribution in [0.3, 0.4) is 0 Å². The predicted octanol–water partition coefficient (Wildman–Crippen LogP) is 1.66. The summed E-state index contributed by atoms with van der Waals surface area (Å²) >= 11 is 0. The van der Waals surface area contributed by atoms with Gasteiger partial charge in [0.15, 0.2) is 5.96 Å². The van der Waals surface area contributed by atoms with Gasteiger partial charge in [-0.25, -0.2) is 18.5 Å². The SMILES string of the molecule is CCNC(=NCc1ccc(S(N)(=O)=O)cc1)NCC1(C(=O)N(C)C)CCCC1.I. The van der Waals surface area contributed by atoms with Crippen molar-refractivity contribution in [2.75, 3.05) is 27.2 Å².